The molecule has 0 aromatic heterocycles. The number of rotatable bonds is 41. The zero-order valence-electron chi connectivity index (χ0n) is 34.8. The highest BCUT2D eigenvalue weighted by Crippen LogP contribution is 2.18. The second-order valence-electron chi connectivity index (χ2n) is 15.4. The van der Waals surface area contributed by atoms with Crippen molar-refractivity contribution in [1.29, 1.82) is 0 Å². The summed E-state index contributed by atoms with van der Waals surface area (Å²) in [6.07, 6.45) is 35.5. The molecule has 1 atom stereocenters. The maximum atomic E-state index is 12.7. The first-order valence-electron chi connectivity index (χ1n) is 22.2. The number of carbonyl (C=O) groups excluding carboxylic acids is 2. The van der Waals surface area contributed by atoms with E-state index < -0.39 is 10.0 Å². The predicted octanol–water partition coefficient (Wildman–Crippen LogP) is 11.4. The van der Waals surface area contributed by atoms with Crippen LogP contribution in [-0.2, 0) is 29.1 Å². The Balaban J connectivity index is 4.24. The van der Waals surface area contributed by atoms with Crippen LogP contribution in [0.25, 0.3) is 0 Å². The molecular formula is C43H86N2O6S. The molecule has 0 aromatic carbocycles. The Kier molecular flexibility index (Phi) is 37.2. The summed E-state index contributed by atoms with van der Waals surface area (Å²) < 4.78 is 37.0. The van der Waals surface area contributed by atoms with Crippen molar-refractivity contribution in [3.8, 4) is 0 Å². The fourth-order valence-corrected chi connectivity index (χ4v) is 7.28. The number of sulfonamides is 1. The van der Waals surface area contributed by atoms with Crippen LogP contribution in [0, 0.1) is 0 Å². The van der Waals surface area contributed by atoms with E-state index in [-0.39, 0.29) is 18.0 Å². The van der Waals surface area contributed by atoms with Crippen LogP contribution >= 0.6 is 0 Å². The van der Waals surface area contributed by atoms with Gasteiger partial charge in [-0.05, 0) is 83.8 Å². The van der Waals surface area contributed by atoms with Crippen LogP contribution in [0.15, 0.2) is 0 Å². The smallest absolute Gasteiger partial charge is 0.306 e. The normalized spacial score (nSPS) is 12.4. The Morgan fingerprint density at radius 2 is 0.923 bits per heavy atom. The van der Waals surface area contributed by atoms with Gasteiger partial charge in [0.05, 0.1) is 12.9 Å². The Morgan fingerprint density at radius 3 is 1.44 bits per heavy atom. The largest absolute Gasteiger partial charge is 0.466 e. The van der Waals surface area contributed by atoms with E-state index in [1.165, 1.54) is 83.3 Å². The lowest BCUT2D eigenvalue weighted by molar-refractivity contribution is -0.150. The van der Waals surface area contributed by atoms with Crippen molar-refractivity contribution in [3.05, 3.63) is 0 Å². The first-order chi connectivity index (χ1) is 25.2. The average molecular weight is 759 g/mol. The fraction of sp³-hybridized carbons (Fsp3) is 0.953. The van der Waals surface area contributed by atoms with E-state index in [2.05, 4.69) is 30.4 Å². The summed E-state index contributed by atoms with van der Waals surface area (Å²) in [5.74, 6) is -0.0632. The van der Waals surface area contributed by atoms with Gasteiger partial charge in [0.1, 0.15) is 6.10 Å². The highest BCUT2D eigenvalue weighted by Gasteiger charge is 2.14. The van der Waals surface area contributed by atoms with Gasteiger partial charge >= 0.3 is 11.9 Å². The lowest BCUT2D eigenvalue weighted by Crippen LogP contribution is -2.31. The molecule has 0 rings (SSSR count). The summed E-state index contributed by atoms with van der Waals surface area (Å²) in [5, 5.41) is 0. The van der Waals surface area contributed by atoms with E-state index in [4.69, 9.17) is 9.47 Å². The molecule has 52 heavy (non-hydrogen) atoms. The molecule has 0 saturated carbocycles. The highest BCUT2D eigenvalue weighted by atomic mass is 32.2. The first kappa shape index (κ1) is 50.8. The van der Waals surface area contributed by atoms with Gasteiger partial charge in [0, 0.05) is 19.4 Å². The first-order valence-corrected chi connectivity index (χ1v) is 24.1. The monoisotopic (exact) mass is 759 g/mol. The van der Waals surface area contributed by atoms with E-state index >= 15 is 0 Å². The molecule has 0 aliphatic heterocycles. The number of nitrogens with zero attached hydrogens (tertiary/aromatic N) is 1. The number of carbonyl (C=O) groups is 2. The van der Waals surface area contributed by atoms with Gasteiger partial charge in [-0.1, -0.05) is 143 Å². The fourth-order valence-electron chi connectivity index (χ4n) is 6.76. The van der Waals surface area contributed by atoms with E-state index in [1.54, 1.807) is 0 Å². The van der Waals surface area contributed by atoms with Crippen LogP contribution < -0.4 is 4.72 Å². The van der Waals surface area contributed by atoms with Gasteiger partial charge < -0.3 is 14.4 Å². The molecule has 0 heterocycles. The van der Waals surface area contributed by atoms with Crippen molar-refractivity contribution in [2.24, 2.45) is 0 Å². The summed E-state index contributed by atoms with van der Waals surface area (Å²) in [6, 6.07) is 0. The van der Waals surface area contributed by atoms with E-state index in [1.807, 2.05) is 0 Å². The molecule has 0 radical (unpaired) electrons. The highest BCUT2D eigenvalue weighted by molar-refractivity contribution is 7.88. The van der Waals surface area contributed by atoms with Crippen LogP contribution in [0.5, 0.6) is 0 Å². The number of nitrogens with one attached hydrogen (secondary N) is 1. The van der Waals surface area contributed by atoms with Crippen molar-refractivity contribution in [2.45, 2.75) is 226 Å². The maximum absolute atomic E-state index is 12.7. The summed E-state index contributed by atoms with van der Waals surface area (Å²) >= 11 is 0. The molecule has 0 aliphatic rings. The zero-order valence-corrected chi connectivity index (χ0v) is 35.7. The maximum Gasteiger partial charge on any atom is 0.306 e. The Hall–Kier alpha value is -1.19. The minimum Gasteiger partial charge on any atom is -0.466 e. The number of hydrogen-bond donors (Lipinski definition) is 1. The lowest BCUT2D eigenvalue weighted by atomic mass is 10.0. The third-order valence-electron chi connectivity index (χ3n) is 10.0. The van der Waals surface area contributed by atoms with Crippen LogP contribution in [-0.4, -0.2) is 70.4 Å². The molecule has 0 bridgehead atoms. The molecule has 310 valence electrons. The van der Waals surface area contributed by atoms with Crippen molar-refractivity contribution >= 4 is 22.0 Å². The molecule has 9 heteroatoms. The quantitative estimate of drug-likeness (QED) is 0.0489. The average Bonchev–Trinajstić information content (AvgIpc) is 3.11. The second-order valence-corrected chi connectivity index (χ2v) is 17.2. The summed E-state index contributed by atoms with van der Waals surface area (Å²) in [6.45, 7) is 10.7. The van der Waals surface area contributed by atoms with Crippen molar-refractivity contribution < 1.29 is 27.5 Å². The lowest BCUT2D eigenvalue weighted by Gasteiger charge is -2.22. The van der Waals surface area contributed by atoms with Gasteiger partial charge in [-0.3, -0.25) is 9.59 Å². The van der Waals surface area contributed by atoms with Crippen LogP contribution in [0.4, 0.5) is 0 Å². The minimum atomic E-state index is -3.16. The minimum absolute atomic E-state index is 0.0123. The molecule has 0 amide bonds. The van der Waals surface area contributed by atoms with Gasteiger partial charge in [-0.25, -0.2) is 13.1 Å². The molecule has 0 aliphatic carbocycles. The Morgan fingerprint density at radius 1 is 0.519 bits per heavy atom. The van der Waals surface area contributed by atoms with Gasteiger partial charge in [0.15, 0.2) is 0 Å². The van der Waals surface area contributed by atoms with Gasteiger partial charge in [0.25, 0.3) is 0 Å². The standard InChI is InChI=1S/C43H86N2O6S/c1-5-8-11-14-15-23-30-40-50-42(46)34-26-19-16-21-28-37-45(39-31-36-44-52(4,48)49)38-29-22-17-20-27-35-43(47)51-41(32-24-13-10-7-3)33-25-18-12-9-6-2/h41,44H,5-40H2,1-4H3. The third kappa shape index (κ3) is 38.5. The van der Waals surface area contributed by atoms with Crippen LogP contribution in [0.1, 0.15) is 220 Å². The Labute approximate surface area is 323 Å². The van der Waals surface area contributed by atoms with Crippen molar-refractivity contribution in [3.63, 3.8) is 0 Å². The summed E-state index contributed by atoms with van der Waals surface area (Å²) in [5.41, 5.74) is 0. The molecule has 1 unspecified atom stereocenters. The zero-order chi connectivity index (χ0) is 38.4. The number of hydrogen-bond acceptors (Lipinski definition) is 7. The van der Waals surface area contributed by atoms with Gasteiger partial charge in [-0.2, -0.15) is 0 Å². The van der Waals surface area contributed by atoms with E-state index in [9.17, 15) is 18.0 Å². The molecule has 0 aromatic rings. The predicted molar refractivity (Wildman–Crippen MR) is 220 cm³/mol. The third-order valence-corrected chi connectivity index (χ3v) is 10.8. The number of esters is 2. The summed E-state index contributed by atoms with van der Waals surface area (Å²) in [4.78, 5) is 27.2. The van der Waals surface area contributed by atoms with Crippen LogP contribution in [0.3, 0.4) is 0 Å². The topological polar surface area (TPSA) is 102 Å². The second kappa shape index (κ2) is 38.1. The molecule has 8 nitrogen and oxygen atoms in total. The van der Waals surface area contributed by atoms with E-state index in [0.717, 1.165) is 129 Å². The molecule has 0 spiro atoms. The summed E-state index contributed by atoms with van der Waals surface area (Å²) in [7, 11) is -3.16. The number of unbranched alkanes of at least 4 members (excludes halogenated alkanes) is 21. The van der Waals surface area contributed by atoms with E-state index in [0.29, 0.717) is 26.0 Å². The Bertz CT molecular complexity index is 900. The molecular weight excluding hydrogens is 673 g/mol. The molecule has 1 N–H and O–H groups in total. The SMILES string of the molecule is CCCCCCCCCOC(=O)CCCCCCCN(CCCCCCCC(=O)OC(CCCCCC)CCCCCCC)CCCNS(C)(=O)=O. The van der Waals surface area contributed by atoms with Gasteiger partial charge in [-0.15, -0.1) is 0 Å². The number of ether oxygens (including phenoxy) is 2. The van der Waals surface area contributed by atoms with Crippen LogP contribution in [0.2, 0.25) is 0 Å². The molecule has 0 saturated heterocycles. The van der Waals surface area contributed by atoms with Crippen molar-refractivity contribution in [2.75, 3.05) is 39.0 Å². The van der Waals surface area contributed by atoms with Crippen molar-refractivity contribution in [1.82, 2.24) is 9.62 Å². The molecule has 0 fully saturated rings. The van der Waals surface area contributed by atoms with Gasteiger partial charge in [0.2, 0.25) is 10.0 Å².